The molecule has 0 aliphatic heterocycles. The average molecular weight is 320 g/mol. The number of halogens is 3. The fraction of sp³-hybridized carbons (Fsp3) is 0.385. The van der Waals surface area contributed by atoms with Gasteiger partial charge in [0.05, 0.1) is 11.4 Å². The molecule has 0 atom stereocenters. The second-order valence-corrected chi connectivity index (χ2v) is 6.85. The van der Waals surface area contributed by atoms with Gasteiger partial charge in [-0.25, -0.2) is 8.42 Å². The molecule has 0 saturated heterocycles. The first-order chi connectivity index (χ1) is 9.67. The predicted molar refractivity (Wildman–Crippen MR) is 74.0 cm³/mol. The Morgan fingerprint density at radius 2 is 2.00 bits per heavy atom. The van der Waals surface area contributed by atoms with Crippen LogP contribution >= 0.6 is 0 Å². The van der Waals surface area contributed by atoms with E-state index in [9.17, 15) is 21.6 Å². The number of fused-ring (bicyclic) bond motifs is 1. The average Bonchev–Trinajstić information content (AvgIpc) is 2.75. The smallest absolute Gasteiger partial charge is 0.361 e. The van der Waals surface area contributed by atoms with Gasteiger partial charge in [-0.2, -0.15) is 13.2 Å². The highest BCUT2D eigenvalue weighted by atomic mass is 32.2. The maximum absolute atomic E-state index is 12.0. The van der Waals surface area contributed by atoms with Crippen molar-refractivity contribution in [3.63, 3.8) is 0 Å². The molecule has 8 heteroatoms. The van der Waals surface area contributed by atoms with Gasteiger partial charge in [0.15, 0.2) is 9.84 Å². The number of aromatic nitrogens is 1. The largest absolute Gasteiger partial charge is 0.401 e. The molecule has 2 N–H and O–H groups in total. The summed E-state index contributed by atoms with van der Waals surface area (Å²) >= 11 is 0. The Labute approximate surface area is 120 Å². The number of hydrogen-bond acceptors (Lipinski definition) is 3. The van der Waals surface area contributed by atoms with Crippen LogP contribution in [0.1, 0.15) is 5.56 Å². The fourth-order valence-electron chi connectivity index (χ4n) is 2.05. The quantitative estimate of drug-likeness (QED) is 0.831. The van der Waals surface area contributed by atoms with E-state index in [-0.39, 0.29) is 11.4 Å². The summed E-state index contributed by atoms with van der Waals surface area (Å²) in [5.74, 6) is 0. The predicted octanol–water partition coefficient (Wildman–Crippen LogP) is 2.27. The molecule has 4 nitrogen and oxygen atoms in total. The molecule has 0 spiro atoms. The van der Waals surface area contributed by atoms with Gasteiger partial charge in [-0.05, 0) is 36.7 Å². The lowest BCUT2D eigenvalue weighted by Gasteiger charge is -2.07. The Morgan fingerprint density at radius 3 is 2.62 bits per heavy atom. The minimum Gasteiger partial charge on any atom is -0.361 e. The molecule has 0 saturated carbocycles. The topological polar surface area (TPSA) is 62.0 Å². The van der Waals surface area contributed by atoms with E-state index in [4.69, 9.17) is 0 Å². The number of aromatic amines is 1. The van der Waals surface area contributed by atoms with Gasteiger partial charge in [-0.3, -0.25) is 0 Å². The first-order valence-corrected chi connectivity index (χ1v) is 8.13. The van der Waals surface area contributed by atoms with Crippen LogP contribution < -0.4 is 5.32 Å². The Bertz CT molecular complexity index is 735. The molecule has 0 amide bonds. The zero-order valence-electron chi connectivity index (χ0n) is 11.3. The Kier molecular flexibility index (Phi) is 4.29. The van der Waals surface area contributed by atoms with E-state index in [1.165, 1.54) is 6.07 Å². The van der Waals surface area contributed by atoms with Crippen molar-refractivity contribution in [3.05, 3.63) is 30.0 Å². The van der Waals surface area contributed by atoms with Crippen molar-refractivity contribution in [1.29, 1.82) is 0 Å². The van der Waals surface area contributed by atoms with Gasteiger partial charge in [0.25, 0.3) is 0 Å². The summed E-state index contributed by atoms with van der Waals surface area (Å²) in [7, 11) is -3.31. The van der Waals surface area contributed by atoms with Gasteiger partial charge >= 0.3 is 6.18 Å². The maximum Gasteiger partial charge on any atom is 0.401 e. The normalized spacial score (nSPS) is 13.0. The third kappa shape index (κ3) is 4.21. The van der Waals surface area contributed by atoms with Crippen LogP contribution in [-0.2, 0) is 16.3 Å². The van der Waals surface area contributed by atoms with E-state index < -0.39 is 22.6 Å². The monoisotopic (exact) mass is 320 g/mol. The molecule has 2 aromatic rings. The summed E-state index contributed by atoms with van der Waals surface area (Å²) in [6, 6.07) is 4.69. The molecule has 1 aromatic heterocycles. The summed E-state index contributed by atoms with van der Waals surface area (Å²) in [6.07, 6.45) is -1.05. The van der Waals surface area contributed by atoms with Crippen LogP contribution in [0.25, 0.3) is 10.9 Å². The first-order valence-electron chi connectivity index (χ1n) is 6.24. The van der Waals surface area contributed by atoms with Gasteiger partial charge in [0.2, 0.25) is 0 Å². The number of benzene rings is 1. The van der Waals surface area contributed by atoms with Gasteiger partial charge in [-0.1, -0.05) is 0 Å². The standard InChI is InChI=1S/C13H15F3N2O2S/c1-21(19,20)10-2-3-12-11(6-10)9(7-18-12)4-5-17-8-13(14,15)16/h2-3,6-7,17-18H,4-5,8H2,1H3. The molecule has 0 aliphatic carbocycles. The van der Waals surface area contributed by atoms with Crippen molar-refractivity contribution in [1.82, 2.24) is 10.3 Å². The minimum atomic E-state index is -4.23. The number of hydrogen-bond donors (Lipinski definition) is 2. The Balaban J connectivity index is 2.13. The summed E-state index contributed by atoms with van der Waals surface area (Å²) in [4.78, 5) is 3.17. The third-order valence-corrected chi connectivity index (χ3v) is 4.17. The Morgan fingerprint density at radius 1 is 1.29 bits per heavy atom. The number of nitrogens with one attached hydrogen (secondary N) is 2. The van der Waals surface area contributed by atoms with E-state index in [1.807, 2.05) is 0 Å². The number of H-pyrrole nitrogens is 1. The second-order valence-electron chi connectivity index (χ2n) is 4.84. The van der Waals surface area contributed by atoms with E-state index >= 15 is 0 Å². The molecule has 0 bridgehead atoms. The number of alkyl halides is 3. The van der Waals surface area contributed by atoms with Gasteiger partial charge in [0, 0.05) is 23.4 Å². The van der Waals surface area contributed by atoms with Crippen LogP contribution in [0.2, 0.25) is 0 Å². The van der Waals surface area contributed by atoms with E-state index in [1.54, 1.807) is 18.3 Å². The van der Waals surface area contributed by atoms with Crippen molar-refractivity contribution in [2.24, 2.45) is 0 Å². The molecule has 2 rings (SSSR count). The van der Waals surface area contributed by atoms with Crippen LogP contribution in [0.5, 0.6) is 0 Å². The molecule has 1 heterocycles. The van der Waals surface area contributed by atoms with E-state index in [2.05, 4.69) is 10.3 Å². The molecule has 0 radical (unpaired) electrons. The van der Waals surface area contributed by atoms with Crippen LogP contribution in [-0.4, -0.2) is 38.9 Å². The fourth-order valence-corrected chi connectivity index (χ4v) is 2.70. The highest BCUT2D eigenvalue weighted by molar-refractivity contribution is 7.90. The van der Waals surface area contributed by atoms with Gasteiger partial charge < -0.3 is 10.3 Å². The van der Waals surface area contributed by atoms with Crippen molar-refractivity contribution >= 4 is 20.7 Å². The van der Waals surface area contributed by atoms with Crippen molar-refractivity contribution in [2.45, 2.75) is 17.5 Å². The van der Waals surface area contributed by atoms with Crippen molar-refractivity contribution in [3.8, 4) is 0 Å². The lowest BCUT2D eigenvalue weighted by atomic mass is 10.1. The lowest BCUT2D eigenvalue weighted by molar-refractivity contribution is -0.124. The van der Waals surface area contributed by atoms with E-state index in [0.717, 1.165) is 17.3 Å². The summed E-state index contributed by atoms with van der Waals surface area (Å²) < 4.78 is 59.1. The van der Waals surface area contributed by atoms with Gasteiger partial charge in [0.1, 0.15) is 0 Å². The minimum absolute atomic E-state index is 0.162. The Hall–Kier alpha value is -1.54. The second kappa shape index (κ2) is 5.69. The summed E-state index contributed by atoms with van der Waals surface area (Å²) in [6.45, 7) is -0.875. The number of rotatable bonds is 5. The van der Waals surface area contributed by atoms with E-state index in [0.29, 0.717) is 11.8 Å². The third-order valence-electron chi connectivity index (χ3n) is 3.06. The zero-order valence-corrected chi connectivity index (χ0v) is 12.1. The number of sulfone groups is 1. The summed E-state index contributed by atoms with van der Waals surface area (Å²) in [5, 5.41) is 3.03. The maximum atomic E-state index is 12.0. The van der Waals surface area contributed by atoms with Crippen molar-refractivity contribution in [2.75, 3.05) is 19.3 Å². The summed E-state index contributed by atoms with van der Waals surface area (Å²) in [5.41, 5.74) is 1.54. The van der Waals surface area contributed by atoms with Crippen LogP contribution in [0, 0.1) is 0 Å². The molecule has 116 valence electrons. The highest BCUT2D eigenvalue weighted by Gasteiger charge is 2.25. The van der Waals surface area contributed by atoms with Crippen LogP contribution in [0.4, 0.5) is 13.2 Å². The first kappa shape index (κ1) is 15.8. The van der Waals surface area contributed by atoms with Crippen LogP contribution in [0.3, 0.4) is 0 Å². The van der Waals surface area contributed by atoms with Gasteiger partial charge in [-0.15, -0.1) is 0 Å². The van der Waals surface area contributed by atoms with Crippen molar-refractivity contribution < 1.29 is 21.6 Å². The molecular weight excluding hydrogens is 305 g/mol. The molecule has 21 heavy (non-hydrogen) atoms. The lowest BCUT2D eigenvalue weighted by Crippen LogP contribution is -2.30. The molecule has 0 aliphatic rings. The highest BCUT2D eigenvalue weighted by Crippen LogP contribution is 2.22. The molecular formula is C13H15F3N2O2S. The molecule has 1 aromatic carbocycles. The SMILES string of the molecule is CS(=O)(=O)c1ccc2[nH]cc(CCNCC(F)(F)F)c2c1. The van der Waals surface area contributed by atoms with Crippen LogP contribution in [0.15, 0.2) is 29.3 Å². The molecule has 0 fully saturated rings. The molecule has 0 unspecified atom stereocenters. The zero-order chi connectivity index (χ0) is 15.7.